The minimum absolute atomic E-state index is 0.142. The van der Waals surface area contributed by atoms with Crippen LogP contribution >= 0.6 is 0 Å². The van der Waals surface area contributed by atoms with Crippen LogP contribution in [0.2, 0.25) is 0 Å². The minimum atomic E-state index is -0.142. The Hall–Kier alpha value is -3.71. The van der Waals surface area contributed by atoms with Crippen LogP contribution in [0.5, 0.6) is 0 Å². The van der Waals surface area contributed by atoms with E-state index in [0.29, 0.717) is 17.0 Å². The molecule has 3 N–H and O–H groups in total. The van der Waals surface area contributed by atoms with Gasteiger partial charge in [-0.25, -0.2) is 9.97 Å². The molecule has 0 bridgehead atoms. The molecule has 7 nitrogen and oxygen atoms in total. The molecular formula is C25H26N6O. The number of rotatable bonds is 6. The number of aryl methyl sites for hydroxylation is 1. The molecule has 1 fully saturated rings. The van der Waals surface area contributed by atoms with Crippen molar-refractivity contribution in [2.75, 3.05) is 23.7 Å². The van der Waals surface area contributed by atoms with Crippen molar-refractivity contribution in [3.05, 3.63) is 88.5 Å². The van der Waals surface area contributed by atoms with Crippen molar-refractivity contribution in [2.45, 2.75) is 25.9 Å². The van der Waals surface area contributed by atoms with Crippen molar-refractivity contribution in [3.8, 4) is 0 Å². The molecule has 0 spiro atoms. The van der Waals surface area contributed by atoms with Crippen molar-refractivity contribution in [3.63, 3.8) is 0 Å². The van der Waals surface area contributed by atoms with Crippen LogP contribution in [0.3, 0.4) is 0 Å². The summed E-state index contributed by atoms with van der Waals surface area (Å²) >= 11 is 0. The highest BCUT2D eigenvalue weighted by molar-refractivity contribution is 5.93. The Morgan fingerprint density at radius 2 is 2.00 bits per heavy atom. The Labute approximate surface area is 186 Å². The van der Waals surface area contributed by atoms with E-state index in [4.69, 9.17) is 4.98 Å². The normalized spacial score (nSPS) is 16.3. The molecule has 0 saturated carbocycles. The number of hydrogen-bond donors (Lipinski definition) is 3. The third-order valence-electron chi connectivity index (χ3n) is 5.79. The summed E-state index contributed by atoms with van der Waals surface area (Å²) in [4.78, 5) is 26.9. The standard InChI is InChI=1S/C25H26N6O/c1-17-7-10-26-21(13-17)29-22-14-19-8-11-27-25(32)23(19)24(30-22)28-20-9-12-31(16-20)15-18-5-3-2-4-6-18/h2-8,10-11,13-14,20H,9,12,15-16H2,1H3,(H,27,32)(H2,26,28,29,30). The number of pyridine rings is 3. The van der Waals surface area contributed by atoms with Crippen LogP contribution in [-0.2, 0) is 6.54 Å². The lowest BCUT2D eigenvalue weighted by molar-refractivity contribution is 0.328. The molecule has 0 aliphatic carbocycles. The van der Waals surface area contributed by atoms with Crippen LogP contribution in [0.4, 0.5) is 17.5 Å². The minimum Gasteiger partial charge on any atom is -0.365 e. The number of aromatic nitrogens is 3. The average Bonchev–Trinajstić information content (AvgIpc) is 3.21. The Balaban J connectivity index is 1.39. The number of H-pyrrole nitrogens is 1. The largest absolute Gasteiger partial charge is 0.365 e. The maximum Gasteiger partial charge on any atom is 0.259 e. The first-order chi connectivity index (χ1) is 15.6. The van der Waals surface area contributed by atoms with Crippen molar-refractivity contribution >= 4 is 28.2 Å². The summed E-state index contributed by atoms with van der Waals surface area (Å²) in [6, 6.07) is 18.4. The monoisotopic (exact) mass is 426 g/mol. The SMILES string of the molecule is Cc1ccnc(Nc2cc3cc[nH]c(=O)c3c(NC3CCN(Cc4ccccc4)C3)n2)c1. The van der Waals surface area contributed by atoms with E-state index in [9.17, 15) is 4.79 Å². The second-order valence-corrected chi connectivity index (χ2v) is 8.32. The molecule has 4 aromatic rings. The summed E-state index contributed by atoms with van der Waals surface area (Å²) in [5.74, 6) is 1.98. The fourth-order valence-corrected chi connectivity index (χ4v) is 4.25. The summed E-state index contributed by atoms with van der Waals surface area (Å²) in [6.45, 7) is 4.86. The van der Waals surface area contributed by atoms with Crippen LogP contribution in [0.15, 0.2) is 71.8 Å². The zero-order valence-corrected chi connectivity index (χ0v) is 18.0. The molecule has 1 aliphatic heterocycles. The number of likely N-dealkylation sites (tertiary alicyclic amines) is 1. The molecular weight excluding hydrogens is 400 g/mol. The van der Waals surface area contributed by atoms with Gasteiger partial charge in [0.15, 0.2) is 0 Å². The molecule has 0 amide bonds. The van der Waals surface area contributed by atoms with Gasteiger partial charge >= 0.3 is 0 Å². The van der Waals surface area contributed by atoms with Gasteiger partial charge in [0.25, 0.3) is 5.56 Å². The van der Waals surface area contributed by atoms with Crippen LogP contribution in [0, 0.1) is 6.92 Å². The van der Waals surface area contributed by atoms with E-state index >= 15 is 0 Å². The molecule has 4 heterocycles. The number of aromatic amines is 1. The summed E-state index contributed by atoms with van der Waals surface area (Å²) in [5.41, 5.74) is 2.28. The molecule has 1 aliphatic rings. The van der Waals surface area contributed by atoms with Crippen molar-refractivity contribution in [2.24, 2.45) is 0 Å². The zero-order chi connectivity index (χ0) is 21.9. The van der Waals surface area contributed by atoms with E-state index in [1.807, 2.05) is 37.3 Å². The average molecular weight is 427 g/mol. The molecule has 1 saturated heterocycles. The van der Waals surface area contributed by atoms with Crippen molar-refractivity contribution < 1.29 is 0 Å². The maximum atomic E-state index is 12.6. The highest BCUT2D eigenvalue weighted by Crippen LogP contribution is 2.26. The first-order valence-electron chi connectivity index (χ1n) is 10.9. The third kappa shape index (κ3) is 4.48. The molecule has 1 aromatic carbocycles. The summed E-state index contributed by atoms with van der Waals surface area (Å²) in [5, 5.41) is 8.24. The highest BCUT2D eigenvalue weighted by atomic mass is 16.1. The maximum absolute atomic E-state index is 12.6. The topological polar surface area (TPSA) is 85.9 Å². The van der Waals surface area contributed by atoms with E-state index in [1.165, 1.54) is 5.56 Å². The lowest BCUT2D eigenvalue weighted by Gasteiger charge is -2.18. The number of nitrogens with one attached hydrogen (secondary N) is 3. The van der Waals surface area contributed by atoms with E-state index < -0.39 is 0 Å². The highest BCUT2D eigenvalue weighted by Gasteiger charge is 2.24. The van der Waals surface area contributed by atoms with Crippen molar-refractivity contribution in [1.29, 1.82) is 0 Å². The van der Waals surface area contributed by atoms with Gasteiger partial charge in [-0.05, 0) is 54.1 Å². The van der Waals surface area contributed by atoms with Gasteiger partial charge in [0.2, 0.25) is 0 Å². The van der Waals surface area contributed by atoms with Crippen molar-refractivity contribution in [1.82, 2.24) is 19.9 Å². The van der Waals surface area contributed by atoms with Gasteiger partial charge < -0.3 is 15.6 Å². The van der Waals surface area contributed by atoms with E-state index in [2.05, 4.69) is 49.8 Å². The predicted octanol–water partition coefficient (Wildman–Crippen LogP) is 4.06. The summed E-state index contributed by atoms with van der Waals surface area (Å²) in [7, 11) is 0. The fourth-order valence-electron chi connectivity index (χ4n) is 4.25. The quantitative estimate of drug-likeness (QED) is 0.431. The number of nitrogens with zero attached hydrogens (tertiary/aromatic N) is 3. The molecule has 1 unspecified atom stereocenters. The van der Waals surface area contributed by atoms with Gasteiger partial charge in [0.05, 0.1) is 5.39 Å². The Morgan fingerprint density at radius 1 is 1.12 bits per heavy atom. The Kier molecular flexibility index (Phi) is 5.56. The molecule has 3 aromatic heterocycles. The predicted molar refractivity (Wildman–Crippen MR) is 128 cm³/mol. The molecule has 5 rings (SSSR count). The molecule has 162 valence electrons. The smallest absolute Gasteiger partial charge is 0.259 e. The van der Waals surface area contributed by atoms with E-state index in [1.54, 1.807) is 12.4 Å². The number of hydrogen-bond acceptors (Lipinski definition) is 6. The van der Waals surface area contributed by atoms with E-state index in [0.717, 1.165) is 42.8 Å². The second-order valence-electron chi connectivity index (χ2n) is 8.32. The fraction of sp³-hybridized carbons (Fsp3) is 0.240. The van der Waals surface area contributed by atoms with Crippen LogP contribution in [0.1, 0.15) is 17.5 Å². The van der Waals surface area contributed by atoms with Gasteiger partial charge in [-0.1, -0.05) is 30.3 Å². The second kappa shape index (κ2) is 8.80. The Morgan fingerprint density at radius 3 is 2.84 bits per heavy atom. The van der Waals surface area contributed by atoms with Gasteiger partial charge in [0.1, 0.15) is 17.5 Å². The number of anilines is 3. The third-order valence-corrected chi connectivity index (χ3v) is 5.79. The van der Waals surface area contributed by atoms with Crippen LogP contribution in [0.25, 0.3) is 10.8 Å². The van der Waals surface area contributed by atoms with Gasteiger partial charge in [-0.3, -0.25) is 9.69 Å². The number of benzene rings is 1. The summed E-state index contributed by atoms with van der Waals surface area (Å²) in [6.07, 6.45) is 4.43. The first-order valence-corrected chi connectivity index (χ1v) is 10.9. The number of fused-ring (bicyclic) bond motifs is 1. The Bertz CT molecular complexity index is 1290. The zero-order valence-electron chi connectivity index (χ0n) is 18.0. The van der Waals surface area contributed by atoms with Gasteiger partial charge in [-0.2, -0.15) is 0 Å². The lowest BCUT2D eigenvalue weighted by Crippen LogP contribution is -2.27. The van der Waals surface area contributed by atoms with Crippen LogP contribution < -0.4 is 16.2 Å². The molecule has 32 heavy (non-hydrogen) atoms. The van der Waals surface area contributed by atoms with Gasteiger partial charge in [-0.15, -0.1) is 0 Å². The summed E-state index contributed by atoms with van der Waals surface area (Å²) < 4.78 is 0. The molecule has 1 atom stereocenters. The first kappa shape index (κ1) is 20.2. The molecule has 7 heteroatoms. The van der Waals surface area contributed by atoms with E-state index in [-0.39, 0.29) is 11.6 Å². The van der Waals surface area contributed by atoms with Crippen LogP contribution in [-0.4, -0.2) is 39.0 Å². The molecule has 0 radical (unpaired) electrons. The lowest BCUT2D eigenvalue weighted by atomic mass is 10.2. The van der Waals surface area contributed by atoms with Gasteiger partial charge in [0, 0.05) is 38.1 Å².